The Kier molecular flexibility index (Phi) is 10.6. The largest absolute Gasteiger partial charge is 0.444 e. The van der Waals surface area contributed by atoms with Crippen molar-refractivity contribution >= 4 is 34.7 Å². The van der Waals surface area contributed by atoms with Crippen molar-refractivity contribution in [2.24, 2.45) is 7.05 Å². The summed E-state index contributed by atoms with van der Waals surface area (Å²) in [5.41, 5.74) is 0.304. The Morgan fingerprint density at radius 1 is 1.10 bits per heavy atom. The van der Waals surface area contributed by atoms with Gasteiger partial charge in [-0.2, -0.15) is 0 Å². The van der Waals surface area contributed by atoms with Gasteiger partial charge in [-0.15, -0.1) is 11.6 Å². The van der Waals surface area contributed by atoms with Gasteiger partial charge in [-0.05, 0) is 57.4 Å². The van der Waals surface area contributed by atoms with Crippen molar-refractivity contribution in [3.63, 3.8) is 0 Å². The third kappa shape index (κ3) is 7.13. The second-order valence-corrected chi connectivity index (χ2v) is 14.1. The summed E-state index contributed by atoms with van der Waals surface area (Å²) in [4.78, 5) is 42.3. The SMILES string of the molecule is COCCCn1cc(C2(Cl)C(n3ccn(C)c3=O)=C(F)C=C(c3ccccc3)C2OC)cc(N2CCN(C(=O)OC(C)(C)C)[C@H](C)C2)c1=O. The first kappa shape index (κ1) is 36.2. The molecule has 1 fully saturated rings. The Morgan fingerprint density at radius 3 is 2.41 bits per heavy atom. The molecule has 0 N–H and O–H groups in total. The van der Waals surface area contributed by atoms with Crippen LogP contribution in [0.2, 0.25) is 0 Å². The van der Waals surface area contributed by atoms with Crippen molar-refractivity contribution < 1.29 is 23.4 Å². The Labute approximate surface area is 290 Å². The van der Waals surface area contributed by atoms with Gasteiger partial charge in [-0.25, -0.2) is 14.0 Å². The lowest BCUT2D eigenvalue weighted by Gasteiger charge is -2.43. The minimum absolute atomic E-state index is 0.123. The van der Waals surface area contributed by atoms with Crippen LogP contribution >= 0.6 is 11.6 Å². The van der Waals surface area contributed by atoms with Crippen LogP contribution in [-0.2, 0) is 32.7 Å². The van der Waals surface area contributed by atoms with Crippen LogP contribution in [0.1, 0.15) is 45.2 Å². The topological polar surface area (TPSA) is 100 Å². The Hall–Kier alpha value is -4.13. The minimum atomic E-state index is -1.82. The number of aryl methyl sites for hydroxylation is 2. The number of carbonyl (C=O) groups is 1. The number of rotatable bonds is 9. The molecule has 49 heavy (non-hydrogen) atoms. The van der Waals surface area contributed by atoms with E-state index in [1.807, 2.05) is 62.9 Å². The van der Waals surface area contributed by atoms with Crippen LogP contribution in [0.25, 0.3) is 11.3 Å². The summed E-state index contributed by atoms with van der Waals surface area (Å²) < 4.78 is 37.8. The molecule has 0 spiro atoms. The molecule has 3 heterocycles. The summed E-state index contributed by atoms with van der Waals surface area (Å²) >= 11 is 7.78. The van der Waals surface area contributed by atoms with Crippen LogP contribution < -0.4 is 16.1 Å². The maximum Gasteiger partial charge on any atom is 0.410 e. The molecular formula is C36H45ClFN5O6. The van der Waals surface area contributed by atoms with Crippen LogP contribution in [0.4, 0.5) is 14.9 Å². The molecule has 1 saturated heterocycles. The molecule has 1 aliphatic carbocycles. The van der Waals surface area contributed by atoms with E-state index in [1.165, 1.54) is 34.7 Å². The minimum Gasteiger partial charge on any atom is -0.444 e. The van der Waals surface area contributed by atoms with E-state index in [2.05, 4.69) is 0 Å². The molecule has 2 aromatic heterocycles. The maximum absolute atomic E-state index is 16.7. The van der Waals surface area contributed by atoms with Crippen molar-refractivity contribution in [1.29, 1.82) is 0 Å². The monoisotopic (exact) mass is 697 g/mol. The lowest BCUT2D eigenvalue weighted by molar-refractivity contribution is 0.0159. The predicted molar refractivity (Wildman–Crippen MR) is 189 cm³/mol. The number of pyridine rings is 1. The highest BCUT2D eigenvalue weighted by Crippen LogP contribution is 2.52. The van der Waals surface area contributed by atoms with Gasteiger partial charge in [-0.3, -0.25) is 9.36 Å². The summed E-state index contributed by atoms with van der Waals surface area (Å²) in [7, 11) is 4.64. The Morgan fingerprint density at radius 2 is 1.82 bits per heavy atom. The number of benzene rings is 1. The number of hydrogen-bond donors (Lipinski definition) is 0. The lowest BCUT2D eigenvalue weighted by atomic mass is 9.79. The van der Waals surface area contributed by atoms with Crippen molar-refractivity contribution in [3.05, 3.63) is 98.9 Å². The second-order valence-electron chi connectivity index (χ2n) is 13.5. The van der Waals surface area contributed by atoms with E-state index in [-0.39, 0.29) is 17.3 Å². The average molecular weight is 698 g/mol. The number of allylic oxidation sites excluding steroid dienone is 2. The molecule has 3 atom stereocenters. The number of halogens is 2. The third-order valence-electron chi connectivity index (χ3n) is 8.86. The van der Waals surface area contributed by atoms with Gasteiger partial charge in [-0.1, -0.05) is 30.3 Å². The van der Waals surface area contributed by atoms with Gasteiger partial charge in [0, 0.05) is 84.2 Å². The highest BCUT2D eigenvalue weighted by Gasteiger charge is 2.51. The first-order valence-electron chi connectivity index (χ1n) is 16.3. The quantitative estimate of drug-likeness (QED) is 0.224. The standard InChI is InChI=1S/C36H45ClFN5O6/c1-24-22-40(16-18-42(24)34(46)49-35(2,3)4)29-20-26(23-41(32(29)44)14-11-19-47-6)36(37)30(43-17-15-39(5)33(43)45)28(38)21-27(31(36)48-7)25-12-9-8-10-13-25/h8-10,12-13,15,17,20-21,23-24,31H,11,14,16,18-19,22H2,1-7H3/t24-,31?,36?/m1/s1. The summed E-state index contributed by atoms with van der Waals surface area (Å²) in [6.07, 6.45) is 5.08. The average Bonchev–Trinajstić information content (AvgIpc) is 3.37. The molecule has 1 aromatic carbocycles. The van der Waals surface area contributed by atoms with Crippen LogP contribution in [-0.4, -0.2) is 82.9 Å². The number of hydrogen-bond acceptors (Lipinski definition) is 7. The number of piperazine rings is 1. The molecule has 3 aromatic rings. The molecule has 0 saturated carbocycles. The molecule has 1 amide bonds. The van der Waals surface area contributed by atoms with Gasteiger partial charge >= 0.3 is 11.8 Å². The van der Waals surface area contributed by atoms with Crippen molar-refractivity contribution in [3.8, 4) is 0 Å². The van der Waals surface area contributed by atoms with Crippen molar-refractivity contribution in [1.82, 2.24) is 18.6 Å². The fourth-order valence-corrected chi connectivity index (χ4v) is 7.01. The van der Waals surface area contributed by atoms with Gasteiger partial charge in [0.1, 0.15) is 28.1 Å². The number of ether oxygens (including phenoxy) is 3. The number of methoxy groups -OCH3 is 2. The first-order valence-corrected chi connectivity index (χ1v) is 16.7. The van der Waals surface area contributed by atoms with Gasteiger partial charge < -0.3 is 33.1 Å². The zero-order valence-electron chi connectivity index (χ0n) is 29.1. The number of alkyl halides is 1. The summed E-state index contributed by atoms with van der Waals surface area (Å²) in [6, 6.07) is 10.6. The van der Waals surface area contributed by atoms with Gasteiger partial charge in [0.15, 0.2) is 0 Å². The first-order chi connectivity index (χ1) is 23.2. The zero-order chi connectivity index (χ0) is 35.7. The second kappa shape index (κ2) is 14.4. The molecular weight excluding hydrogens is 653 g/mol. The molecule has 13 heteroatoms. The highest BCUT2D eigenvalue weighted by atomic mass is 35.5. The molecule has 2 aliphatic rings. The highest BCUT2D eigenvalue weighted by molar-refractivity contribution is 6.31. The van der Waals surface area contributed by atoms with E-state index in [0.717, 1.165) is 0 Å². The lowest BCUT2D eigenvalue weighted by Crippen LogP contribution is -2.56. The molecule has 0 radical (unpaired) electrons. The molecule has 1 aliphatic heterocycles. The van der Waals surface area contributed by atoms with Crippen LogP contribution in [0.15, 0.2) is 76.5 Å². The summed E-state index contributed by atoms with van der Waals surface area (Å²) in [5, 5.41) is 0. The van der Waals surface area contributed by atoms with E-state index in [0.29, 0.717) is 61.6 Å². The third-order valence-corrected chi connectivity index (χ3v) is 9.45. The smallest absolute Gasteiger partial charge is 0.410 e. The summed E-state index contributed by atoms with van der Waals surface area (Å²) in [5.74, 6) is -0.714. The number of carbonyl (C=O) groups excluding carboxylic acids is 1. The molecule has 2 unspecified atom stereocenters. The van der Waals surface area contributed by atoms with Gasteiger partial charge in [0.05, 0.1) is 5.70 Å². The maximum atomic E-state index is 16.7. The van der Waals surface area contributed by atoms with Crippen LogP contribution in [0.5, 0.6) is 0 Å². The Balaban J connectivity index is 1.69. The summed E-state index contributed by atoms with van der Waals surface area (Å²) in [6.45, 7) is 9.04. The van der Waals surface area contributed by atoms with Crippen molar-refractivity contribution in [2.45, 2.75) is 63.3 Å². The predicted octanol–water partition coefficient (Wildman–Crippen LogP) is 5.22. The van der Waals surface area contributed by atoms with E-state index in [1.54, 1.807) is 35.9 Å². The zero-order valence-corrected chi connectivity index (χ0v) is 29.9. The van der Waals surface area contributed by atoms with Crippen LogP contribution in [0, 0.1) is 0 Å². The van der Waals surface area contributed by atoms with E-state index >= 15 is 4.39 Å². The van der Waals surface area contributed by atoms with Crippen LogP contribution in [0.3, 0.4) is 0 Å². The fraction of sp³-hybridized carbons (Fsp3) is 0.472. The number of aromatic nitrogens is 3. The molecule has 11 nitrogen and oxygen atoms in total. The number of anilines is 1. The number of amides is 1. The molecule has 5 rings (SSSR count). The van der Waals surface area contributed by atoms with E-state index in [9.17, 15) is 14.4 Å². The fourth-order valence-electron chi connectivity index (χ4n) is 6.52. The van der Waals surface area contributed by atoms with Gasteiger partial charge in [0.2, 0.25) is 0 Å². The number of imidazole rings is 1. The molecule has 264 valence electrons. The van der Waals surface area contributed by atoms with Crippen molar-refractivity contribution in [2.75, 3.05) is 45.4 Å². The molecule has 0 bridgehead atoms. The van der Waals surface area contributed by atoms with E-state index in [4.69, 9.17) is 25.8 Å². The number of nitrogens with zero attached hydrogens (tertiary/aromatic N) is 5. The van der Waals surface area contributed by atoms with Gasteiger partial charge in [0.25, 0.3) is 5.56 Å². The van der Waals surface area contributed by atoms with E-state index < -0.39 is 34.2 Å². The normalized spacial score (nSPS) is 21.6. The Bertz CT molecular complexity index is 1860.